The normalized spacial score (nSPS) is 9.97. The smallest absolute Gasteiger partial charge is 0.237 e. The Morgan fingerprint density at radius 3 is 0.667 bits per heavy atom. The fraction of sp³-hybridized carbons (Fsp3) is 0.547. The molecule has 0 unspecified atom stereocenters. The summed E-state index contributed by atoms with van der Waals surface area (Å²) in [5.74, 6) is 0.942. The third kappa shape index (κ3) is 38.7. The van der Waals surface area contributed by atoms with Gasteiger partial charge in [-0.15, -0.1) is 0 Å². The fourth-order valence-corrected chi connectivity index (χ4v) is 9.67. The van der Waals surface area contributed by atoms with Crippen molar-refractivity contribution in [3.8, 4) is 12.4 Å². The third-order valence-corrected chi connectivity index (χ3v) is 12.5. The van der Waals surface area contributed by atoms with Gasteiger partial charge in [0.1, 0.15) is 75.8 Å². The van der Waals surface area contributed by atoms with Gasteiger partial charge in [-0.3, -0.25) is 59.0 Å². The van der Waals surface area contributed by atoms with Gasteiger partial charge in [0.15, 0.2) is 18.7 Å². The van der Waals surface area contributed by atoms with Crippen molar-refractivity contribution in [2.45, 2.75) is 142 Å². The summed E-state index contributed by atoms with van der Waals surface area (Å²) in [5.41, 5.74) is 5.67. The second-order valence-corrected chi connectivity index (χ2v) is 22.1. The minimum absolute atomic E-state index is 0.00741. The number of rotatable bonds is 23. The lowest BCUT2D eigenvalue weighted by Crippen LogP contribution is -2.52. The number of pyridine rings is 2. The molecule has 8 aromatic rings. The number of nitriles is 2. The molecule has 8 heterocycles. The summed E-state index contributed by atoms with van der Waals surface area (Å²) in [4.78, 5) is 95.2. The average molecular weight is 1500 g/mol. The first-order valence-corrected chi connectivity index (χ1v) is 36.4. The molecule has 108 heavy (non-hydrogen) atoms. The third-order valence-electron chi connectivity index (χ3n) is 12.5. The Morgan fingerprint density at radius 1 is 0.231 bits per heavy atom. The summed E-state index contributed by atoms with van der Waals surface area (Å²) in [6.07, 6.45) is 36.6. The maximum atomic E-state index is 8.59. The highest BCUT2D eigenvalue weighted by molar-refractivity contribution is 5.63. The summed E-state index contributed by atoms with van der Waals surface area (Å²) in [6, 6.07) is 7.91. The Labute approximate surface area is 651 Å². The van der Waals surface area contributed by atoms with E-state index in [-0.39, 0.29) is 31.4 Å². The number of hydrogen-bond acceptors (Lipinski definition) is 33. The Bertz CT molecular complexity index is 2680. The van der Waals surface area contributed by atoms with Crippen LogP contribution in [0.4, 0.5) is 46.0 Å². The molecule has 33 nitrogen and oxygen atoms in total. The van der Waals surface area contributed by atoms with Gasteiger partial charge in [0, 0.05) is 24.3 Å². The van der Waals surface area contributed by atoms with E-state index in [0.29, 0.717) is 11.9 Å². The summed E-state index contributed by atoms with van der Waals surface area (Å²) >= 11 is 0. The molecule has 0 fully saturated rings. The van der Waals surface area contributed by atoms with Gasteiger partial charge < -0.3 is 14.7 Å². The van der Waals surface area contributed by atoms with Gasteiger partial charge in [-0.1, -0.05) is 111 Å². The van der Waals surface area contributed by atoms with E-state index < -0.39 is 0 Å². The lowest BCUT2D eigenvalue weighted by Gasteiger charge is -2.41. The maximum Gasteiger partial charge on any atom is 0.237 e. The minimum Gasteiger partial charge on any atom is -0.309 e. The largest absolute Gasteiger partial charge is 0.309 e. The minimum atomic E-state index is -0.306. The molecule has 0 aromatic carbocycles. The van der Waals surface area contributed by atoms with Gasteiger partial charge >= 0.3 is 0 Å². The highest BCUT2D eigenvalue weighted by Gasteiger charge is 2.31. The SMILES string of the molecule is CC.CC.CC.CC.CC.CC.CC.CC.CN(C)C(N(C)C)N(C#N)C#N.CN(C)C(N(C)C)N(c1cccnc1)c1cncnc1.CN(C)C(N(C)C)N(c1ccncc1)c1cncnc1.CN(C)C(N(C)C)N(c1cncnc1)c1cncnc1.CN(C)C(N(C)C)N(c1ncncn1)c1ncncn1. The molecule has 0 aliphatic rings. The molecular weight excluding hydrogens is 1360 g/mol. The molecule has 8 rings (SSSR count). The van der Waals surface area contributed by atoms with Crippen LogP contribution in [-0.2, 0) is 0 Å². The zero-order valence-corrected chi connectivity index (χ0v) is 72.5. The zero-order valence-electron chi connectivity index (χ0n) is 72.5. The molecule has 0 bridgehead atoms. The molecule has 0 N–H and O–H groups in total. The van der Waals surface area contributed by atoms with Crippen LogP contribution in [0, 0.1) is 22.9 Å². The van der Waals surface area contributed by atoms with Crippen molar-refractivity contribution in [1.82, 2.24) is 134 Å². The van der Waals surface area contributed by atoms with E-state index in [9.17, 15) is 0 Å². The van der Waals surface area contributed by atoms with E-state index in [2.05, 4.69) is 124 Å². The Hall–Kier alpha value is -9.78. The van der Waals surface area contributed by atoms with Crippen molar-refractivity contribution in [3.05, 3.63) is 149 Å². The summed E-state index contributed by atoms with van der Waals surface area (Å²) in [5, 5.41) is 17.2. The molecule has 0 aliphatic carbocycles. The summed E-state index contributed by atoms with van der Waals surface area (Å²) in [7, 11) is 39.5. The summed E-state index contributed by atoms with van der Waals surface area (Å²) < 4.78 is 0. The molecule has 0 spiro atoms. The Morgan fingerprint density at radius 2 is 0.454 bits per heavy atom. The van der Waals surface area contributed by atoms with Crippen molar-refractivity contribution in [1.29, 1.82) is 10.5 Å². The number of hydrogen-bond donors (Lipinski definition) is 0. The maximum absolute atomic E-state index is 8.59. The first-order valence-electron chi connectivity index (χ1n) is 36.4. The van der Waals surface area contributed by atoms with Crippen LogP contribution in [0.25, 0.3) is 0 Å². The van der Waals surface area contributed by atoms with E-state index in [4.69, 9.17) is 10.5 Å². The van der Waals surface area contributed by atoms with Crippen LogP contribution in [0.1, 0.15) is 111 Å². The van der Waals surface area contributed by atoms with Gasteiger partial charge in [-0.2, -0.15) is 15.4 Å². The highest BCUT2D eigenvalue weighted by Crippen LogP contribution is 2.30. The molecule has 0 atom stereocenters. The van der Waals surface area contributed by atoms with Crippen LogP contribution in [0.3, 0.4) is 0 Å². The predicted molar refractivity (Wildman–Crippen MR) is 444 cm³/mol. The molecule has 0 amide bonds. The van der Waals surface area contributed by atoms with Crippen molar-refractivity contribution >= 4 is 46.0 Å². The van der Waals surface area contributed by atoms with Crippen LogP contribution in [-0.4, -0.2) is 306 Å². The van der Waals surface area contributed by atoms with E-state index in [1.165, 1.54) is 50.6 Å². The molecule has 0 saturated heterocycles. The second kappa shape index (κ2) is 66.6. The number of anilines is 8. The molecule has 8 aromatic heterocycles. The van der Waals surface area contributed by atoms with Crippen LogP contribution < -0.4 is 19.6 Å². The first kappa shape index (κ1) is 107. The van der Waals surface area contributed by atoms with Crippen molar-refractivity contribution in [2.24, 2.45) is 0 Å². The molecule has 33 heteroatoms. The molecule has 602 valence electrons. The first-order chi connectivity index (χ1) is 52.0. The van der Waals surface area contributed by atoms with Crippen molar-refractivity contribution in [2.75, 3.05) is 161 Å². The van der Waals surface area contributed by atoms with Gasteiger partial charge in [0.05, 0.1) is 84.2 Å². The van der Waals surface area contributed by atoms with Gasteiger partial charge in [-0.05, 0) is 165 Å². The highest BCUT2D eigenvalue weighted by atomic mass is 15.5. The van der Waals surface area contributed by atoms with Crippen LogP contribution in [0.2, 0.25) is 0 Å². The lowest BCUT2D eigenvalue weighted by molar-refractivity contribution is 0.0432. The van der Waals surface area contributed by atoms with E-state index in [1.807, 2.05) is 309 Å². The van der Waals surface area contributed by atoms with Gasteiger partial charge in [0.25, 0.3) is 0 Å². The van der Waals surface area contributed by atoms with Crippen molar-refractivity contribution < 1.29 is 0 Å². The summed E-state index contributed by atoms with van der Waals surface area (Å²) in [6.45, 7) is 32.0. The van der Waals surface area contributed by atoms with E-state index in [1.54, 1.807) is 78.0 Å². The quantitative estimate of drug-likeness (QED) is 0.0326. The topological polar surface area (TPSA) is 302 Å². The van der Waals surface area contributed by atoms with Crippen molar-refractivity contribution in [3.63, 3.8) is 0 Å². The Balaban J connectivity index is -0.000000393. The molecule has 0 radical (unpaired) electrons. The number of nitrogens with zero attached hydrogens (tertiary/aromatic N) is 33. The molecule has 0 saturated carbocycles. The van der Waals surface area contributed by atoms with Gasteiger partial charge in [0.2, 0.25) is 11.9 Å². The Kier molecular flexibility index (Phi) is 65.9. The number of aromatic nitrogens is 16. The lowest BCUT2D eigenvalue weighted by atomic mass is 10.3. The standard InChI is InChI=1S/2C14H20N6.C13H19N7.C11H17N9.C7H13N5.8C2H6/c1-18(2)14(19(3)4)20(12-5-7-15-8-6-12)13-9-16-11-17-10-13;1-18(2)14(19(3)4)20(12-6-5-7-15-8-12)13-9-16-11-17-10-13;1-18(2)13(19(3)4)20(11-5-14-9-15-6-11)12-7-16-10-17-8-12;1-18(2)11(19(3)4)20(9-14-5-12-6-15-9)10-16-7-13-8-17-10;1-10(2)7(11(3)4)12(5-8)6-9;8*1-2/h2*5-11,14H,1-4H3;5-10,13H,1-4H3;5-8,11H,1-4H3;7H,1-4H3;8*1-2H3. The van der Waals surface area contributed by atoms with E-state index in [0.717, 1.165) is 39.0 Å². The average Bonchev–Trinajstić information content (AvgIpc) is 0.831. The molecular formula is C75H137N33. The van der Waals surface area contributed by atoms with Crippen LogP contribution >= 0.6 is 0 Å². The monoisotopic (exact) mass is 1500 g/mol. The van der Waals surface area contributed by atoms with Gasteiger partial charge in [-0.25, -0.2) is 74.7 Å². The fourth-order valence-electron chi connectivity index (χ4n) is 9.67. The molecule has 0 aliphatic heterocycles. The zero-order chi connectivity index (χ0) is 83.9. The predicted octanol–water partition coefficient (Wildman–Crippen LogP) is 11.1. The van der Waals surface area contributed by atoms with Crippen LogP contribution in [0.15, 0.2) is 149 Å². The second-order valence-electron chi connectivity index (χ2n) is 22.1. The van der Waals surface area contributed by atoms with Crippen LogP contribution in [0.5, 0.6) is 0 Å². The van der Waals surface area contributed by atoms with E-state index >= 15 is 0 Å².